The number of anilines is 1. The minimum atomic E-state index is -4.34. The summed E-state index contributed by atoms with van der Waals surface area (Å²) in [4.78, 5) is 4.50. The first-order chi connectivity index (χ1) is 12.4. The average molecular weight is 433 g/mol. The van der Waals surface area contributed by atoms with Crippen LogP contribution in [0.2, 0.25) is 0 Å². The second-order valence-electron chi connectivity index (χ2n) is 6.84. The van der Waals surface area contributed by atoms with E-state index in [9.17, 15) is 13.2 Å². The molecule has 1 aliphatic heterocycles. The van der Waals surface area contributed by atoms with Crippen molar-refractivity contribution in [2.75, 3.05) is 18.4 Å². The van der Waals surface area contributed by atoms with Crippen LogP contribution in [0, 0.1) is 0 Å². The molecular weight excluding hydrogens is 412 g/mol. The molecule has 0 fully saturated rings. The van der Waals surface area contributed by atoms with Gasteiger partial charge in [-0.1, -0.05) is 12.2 Å². The second kappa shape index (κ2) is 8.19. The fourth-order valence-electron chi connectivity index (χ4n) is 3.55. The van der Waals surface area contributed by atoms with Crippen molar-refractivity contribution in [2.24, 2.45) is 7.05 Å². The van der Waals surface area contributed by atoms with Crippen molar-refractivity contribution in [3.05, 3.63) is 71.3 Å². The highest BCUT2D eigenvalue weighted by molar-refractivity contribution is 5.85. The molecule has 2 aliphatic rings. The molecule has 0 saturated carbocycles. The summed E-state index contributed by atoms with van der Waals surface area (Å²) in [6, 6.07) is 5.14. The summed E-state index contributed by atoms with van der Waals surface area (Å²) in [5.41, 5.74) is 2.83. The van der Waals surface area contributed by atoms with Crippen LogP contribution in [0.4, 0.5) is 18.9 Å². The van der Waals surface area contributed by atoms with Gasteiger partial charge in [0.25, 0.3) is 0 Å². The summed E-state index contributed by atoms with van der Waals surface area (Å²) < 4.78 is 40.3. The normalized spacial score (nSPS) is 21.0. The first kappa shape index (κ1) is 22.3. The van der Waals surface area contributed by atoms with Crippen LogP contribution in [0.25, 0.3) is 0 Å². The van der Waals surface area contributed by atoms with E-state index in [1.54, 1.807) is 6.33 Å². The van der Waals surface area contributed by atoms with Gasteiger partial charge in [-0.05, 0) is 35.4 Å². The fraction of sp³-hybridized carbons (Fsp3) is 0.316. The predicted octanol–water partition coefficient (Wildman–Crippen LogP) is 4.45. The molecule has 4 rings (SSSR count). The second-order valence-corrected chi connectivity index (χ2v) is 6.84. The summed E-state index contributed by atoms with van der Waals surface area (Å²) in [6.45, 7) is 1.67. The van der Waals surface area contributed by atoms with E-state index in [0.29, 0.717) is 5.69 Å². The van der Waals surface area contributed by atoms with Crippen LogP contribution < -0.4 is 10.6 Å². The zero-order valence-corrected chi connectivity index (χ0v) is 16.7. The lowest BCUT2D eigenvalue weighted by molar-refractivity contribution is -0.137. The maximum atomic E-state index is 12.8. The molecule has 1 aliphatic carbocycles. The van der Waals surface area contributed by atoms with Crippen LogP contribution in [-0.4, -0.2) is 22.6 Å². The Kier molecular flexibility index (Phi) is 6.53. The van der Waals surface area contributed by atoms with Gasteiger partial charge in [0.05, 0.1) is 17.6 Å². The van der Waals surface area contributed by atoms with E-state index >= 15 is 0 Å². The molecule has 152 valence electrons. The minimum Gasteiger partial charge on any atom is -0.370 e. The Morgan fingerprint density at radius 3 is 2.46 bits per heavy atom. The number of benzene rings is 1. The number of nitrogens with zero attached hydrogens (tertiary/aromatic N) is 2. The number of aryl methyl sites for hydroxylation is 1. The maximum absolute atomic E-state index is 12.8. The molecule has 1 atom stereocenters. The zero-order valence-electron chi connectivity index (χ0n) is 15.1. The van der Waals surface area contributed by atoms with Gasteiger partial charge in [0.1, 0.15) is 5.54 Å². The molecule has 0 saturated heterocycles. The number of hydrogen-bond donors (Lipinski definition) is 2. The highest BCUT2D eigenvalue weighted by Gasteiger charge is 2.37. The van der Waals surface area contributed by atoms with Crippen LogP contribution in [0.3, 0.4) is 0 Å². The van der Waals surface area contributed by atoms with Crippen molar-refractivity contribution in [3.63, 3.8) is 0 Å². The Bertz CT molecular complexity index is 887. The number of rotatable bonds is 3. The van der Waals surface area contributed by atoms with Gasteiger partial charge in [0, 0.05) is 38.4 Å². The van der Waals surface area contributed by atoms with E-state index in [-0.39, 0.29) is 24.8 Å². The van der Waals surface area contributed by atoms with E-state index in [4.69, 9.17) is 0 Å². The predicted molar refractivity (Wildman–Crippen MR) is 108 cm³/mol. The van der Waals surface area contributed by atoms with Gasteiger partial charge in [-0.2, -0.15) is 13.2 Å². The molecule has 4 nitrogen and oxygen atoms in total. The summed E-state index contributed by atoms with van der Waals surface area (Å²) in [6.07, 6.45) is 4.22. The first-order valence-corrected chi connectivity index (χ1v) is 8.40. The summed E-state index contributed by atoms with van der Waals surface area (Å²) >= 11 is 0. The number of hydrogen-bond acceptors (Lipinski definition) is 3. The van der Waals surface area contributed by atoms with Crippen LogP contribution in [0.1, 0.15) is 17.7 Å². The van der Waals surface area contributed by atoms with Gasteiger partial charge in [-0.15, -0.1) is 24.8 Å². The smallest absolute Gasteiger partial charge is 0.370 e. The molecule has 28 heavy (non-hydrogen) atoms. The van der Waals surface area contributed by atoms with Crippen molar-refractivity contribution in [1.82, 2.24) is 14.9 Å². The van der Waals surface area contributed by atoms with Crippen LogP contribution in [0.15, 0.2) is 60.1 Å². The molecule has 0 amide bonds. The van der Waals surface area contributed by atoms with Gasteiger partial charge < -0.3 is 15.2 Å². The number of imidazole rings is 1. The number of nitrogens with one attached hydrogen (secondary N) is 2. The topological polar surface area (TPSA) is 41.9 Å². The van der Waals surface area contributed by atoms with E-state index in [0.717, 1.165) is 37.3 Å². The van der Waals surface area contributed by atoms with Gasteiger partial charge in [-0.25, -0.2) is 4.98 Å². The van der Waals surface area contributed by atoms with Gasteiger partial charge in [0.2, 0.25) is 0 Å². The Morgan fingerprint density at radius 1 is 1.14 bits per heavy atom. The Balaban J connectivity index is 0.00000140. The zero-order chi connectivity index (χ0) is 18.4. The van der Waals surface area contributed by atoms with Crippen molar-refractivity contribution in [3.8, 4) is 0 Å². The molecule has 1 aromatic heterocycles. The summed E-state index contributed by atoms with van der Waals surface area (Å²) in [5.74, 6) is 0. The molecule has 2 aromatic rings. The van der Waals surface area contributed by atoms with E-state index < -0.39 is 17.3 Å². The lowest BCUT2D eigenvalue weighted by Crippen LogP contribution is -2.36. The molecule has 0 radical (unpaired) electrons. The Hall–Kier alpha value is -1.96. The van der Waals surface area contributed by atoms with Crippen LogP contribution >= 0.6 is 24.8 Å². The summed E-state index contributed by atoms with van der Waals surface area (Å²) in [5, 5.41) is 6.77. The number of halogens is 5. The molecule has 0 spiro atoms. The van der Waals surface area contributed by atoms with Crippen molar-refractivity contribution < 1.29 is 13.2 Å². The highest BCUT2D eigenvalue weighted by atomic mass is 35.5. The summed E-state index contributed by atoms with van der Waals surface area (Å²) in [7, 11) is 1.90. The Labute approximate surface area is 173 Å². The van der Waals surface area contributed by atoms with Gasteiger partial charge in [-0.3, -0.25) is 0 Å². The van der Waals surface area contributed by atoms with Crippen molar-refractivity contribution >= 4 is 30.5 Å². The highest BCUT2D eigenvalue weighted by Crippen LogP contribution is 2.39. The molecular formula is C19H21Cl2F3N4. The third-order valence-electron chi connectivity index (χ3n) is 4.91. The minimum absolute atomic E-state index is 0. The quantitative estimate of drug-likeness (QED) is 0.752. The lowest BCUT2D eigenvalue weighted by Gasteiger charge is -2.34. The Morgan fingerprint density at radius 2 is 1.86 bits per heavy atom. The number of aromatic nitrogens is 2. The van der Waals surface area contributed by atoms with Crippen molar-refractivity contribution in [2.45, 2.75) is 18.1 Å². The largest absolute Gasteiger partial charge is 0.416 e. The maximum Gasteiger partial charge on any atom is 0.416 e. The van der Waals surface area contributed by atoms with Crippen LogP contribution in [0.5, 0.6) is 0 Å². The fourth-order valence-corrected chi connectivity index (χ4v) is 3.55. The molecule has 1 unspecified atom stereocenters. The SMILES string of the molecule is Cl.Cl.Cn1cnc(C2(Nc3ccc(C(F)(F)F)cc3)C=CC3=C(CNC3)C2)c1. The lowest BCUT2D eigenvalue weighted by atomic mass is 9.81. The standard InChI is InChI=1S/C19H19F3N4.2ClH/c1-26-11-17(24-12-26)18(7-6-13-9-23-10-14(13)8-18)25-16-4-2-15(3-5-16)19(20,21)22;;/h2-7,11-12,23,25H,8-10H2,1H3;2*1H. The molecule has 9 heteroatoms. The molecule has 2 heterocycles. The molecule has 0 bridgehead atoms. The van der Waals surface area contributed by atoms with Crippen molar-refractivity contribution in [1.29, 1.82) is 0 Å². The molecule has 1 aromatic carbocycles. The first-order valence-electron chi connectivity index (χ1n) is 8.40. The number of alkyl halides is 3. The van der Waals surface area contributed by atoms with Gasteiger partial charge in [0.15, 0.2) is 0 Å². The molecule has 2 N–H and O–H groups in total. The third kappa shape index (κ3) is 4.21. The monoisotopic (exact) mass is 432 g/mol. The van der Waals surface area contributed by atoms with E-state index in [1.807, 2.05) is 17.8 Å². The van der Waals surface area contributed by atoms with E-state index in [2.05, 4.69) is 27.8 Å². The van der Waals surface area contributed by atoms with E-state index in [1.165, 1.54) is 23.3 Å². The average Bonchev–Trinajstić information content (AvgIpc) is 3.23. The third-order valence-corrected chi connectivity index (χ3v) is 4.91. The van der Waals surface area contributed by atoms with Gasteiger partial charge >= 0.3 is 6.18 Å². The van der Waals surface area contributed by atoms with Crippen LogP contribution in [-0.2, 0) is 18.8 Å².